The van der Waals surface area contributed by atoms with E-state index in [-0.39, 0.29) is 0 Å². The number of hydrogen-bond acceptors (Lipinski definition) is 5. The van der Waals surface area contributed by atoms with Crippen LogP contribution in [0.25, 0.3) is 0 Å². The van der Waals surface area contributed by atoms with Crippen LogP contribution in [0, 0.1) is 20.8 Å². The Morgan fingerprint density at radius 2 is 2.17 bits per heavy atom. The number of aliphatic imine (C=N–C) groups is 1. The summed E-state index contributed by atoms with van der Waals surface area (Å²) in [5.41, 5.74) is 1.14. The number of aryl methyl sites for hydroxylation is 4. The Bertz CT molecular complexity index is 731. The molecule has 1 aliphatic heterocycles. The minimum atomic E-state index is 0.331. The van der Waals surface area contributed by atoms with Gasteiger partial charge in [-0.3, -0.25) is 4.99 Å². The van der Waals surface area contributed by atoms with Crippen molar-refractivity contribution in [3.05, 3.63) is 27.2 Å². The van der Waals surface area contributed by atoms with Crippen molar-refractivity contribution < 1.29 is 0 Å². The molecule has 8 heteroatoms. The molecule has 3 rings (SSSR count). The maximum atomic E-state index is 4.48. The summed E-state index contributed by atoms with van der Waals surface area (Å²) >= 11 is 1.77. The normalized spacial score (nSPS) is 17.7. The van der Waals surface area contributed by atoms with Gasteiger partial charge in [0, 0.05) is 37.4 Å². The van der Waals surface area contributed by atoms with Crippen LogP contribution in [0.2, 0.25) is 0 Å². The third-order valence-corrected chi connectivity index (χ3v) is 5.31. The maximum absolute atomic E-state index is 4.48. The fourth-order valence-corrected chi connectivity index (χ4v) is 3.98. The van der Waals surface area contributed by atoms with Crippen LogP contribution in [0.4, 0.5) is 0 Å². The molecule has 0 fully saturated rings. The molecule has 0 aliphatic carbocycles. The number of guanidine groups is 1. The highest BCUT2D eigenvalue weighted by Crippen LogP contribution is 2.17. The summed E-state index contributed by atoms with van der Waals surface area (Å²) in [7, 11) is 1.81. The lowest BCUT2D eigenvalue weighted by molar-refractivity contribution is 0.392. The highest BCUT2D eigenvalue weighted by molar-refractivity contribution is 7.11. The molecule has 130 valence electrons. The van der Waals surface area contributed by atoms with Gasteiger partial charge in [0.15, 0.2) is 5.96 Å². The van der Waals surface area contributed by atoms with Crippen LogP contribution in [0.3, 0.4) is 0 Å². The SMILES string of the molecule is CN=C(NCCc1sc(C)nc1C)NC1CCc2nc(C)nn2C1. The van der Waals surface area contributed by atoms with E-state index in [1.54, 1.807) is 11.3 Å². The van der Waals surface area contributed by atoms with Gasteiger partial charge < -0.3 is 10.6 Å². The van der Waals surface area contributed by atoms with E-state index in [0.29, 0.717) is 6.04 Å². The molecule has 0 aromatic carbocycles. The van der Waals surface area contributed by atoms with E-state index in [1.165, 1.54) is 4.88 Å². The Balaban J connectivity index is 1.50. The van der Waals surface area contributed by atoms with E-state index in [4.69, 9.17) is 0 Å². The second-order valence-corrected chi connectivity index (χ2v) is 7.42. The lowest BCUT2D eigenvalue weighted by Crippen LogP contribution is -2.47. The highest BCUT2D eigenvalue weighted by atomic mass is 32.1. The number of thiazole rings is 1. The molecule has 2 aromatic rings. The Morgan fingerprint density at radius 1 is 1.33 bits per heavy atom. The molecule has 2 N–H and O–H groups in total. The van der Waals surface area contributed by atoms with Crippen molar-refractivity contribution in [1.82, 2.24) is 30.4 Å². The molecule has 7 nitrogen and oxygen atoms in total. The van der Waals surface area contributed by atoms with E-state index < -0.39 is 0 Å². The standard InChI is InChI=1S/C16H25N7S/c1-10-14(24-12(3)19-10)7-8-18-16(17-4)21-13-5-6-15-20-11(2)22-23(15)9-13/h13H,5-9H2,1-4H3,(H2,17,18,21). The summed E-state index contributed by atoms with van der Waals surface area (Å²) in [5.74, 6) is 2.78. The molecular weight excluding hydrogens is 322 g/mol. The van der Waals surface area contributed by atoms with Crippen molar-refractivity contribution in [2.24, 2.45) is 4.99 Å². The molecule has 0 saturated carbocycles. The van der Waals surface area contributed by atoms with Crippen LogP contribution >= 0.6 is 11.3 Å². The number of nitrogens with zero attached hydrogens (tertiary/aromatic N) is 5. The summed E-state index contributed by atoms with van der Waals surface area (Å²) in [4.78, 5) is 14.6. The first kappa shape index (κ1) is 16.9. The minimum Gasteiger partial charge on any atom is -0.356 e. The zero-order chi connectivity index (χ0) is 17.1. The first-order chi connectivity index (χ1) is 11.5. The van der Waals surface area contributed by atoms with Crippen LogP contribution < -0.4 is 10.6 Å². The molecule has 1 unspecified atom stereocenters. The van der Waals surface area contributed by atoms with Gasteiger partial charge in [0.1, 0.15) is 11.6 Å². The molecule has 0 spiro atoms. The summed E-state index contributed by atoms with van der Waals surface area (Å²) in [5, 5.41) is 12.5. The fourth-order valence-electron chi connectivity index (χ4n) is 3.04. The molecule has 1 aliphatic rings. The molecule has 0 amide bonds. The summed E-state index contributed by atoms with van der Waals surface area (Å²) in [6.45, 7) is 7.76. The van der Waals surface area contributed by atoms with Gasteiger partial charge in [-0.05, 0) is 27.2 Å². The topological polar surface area (TPSA) is 80.0 Å². The van der Waals surface area contributed by atoms with Crippen molar-refractivity contribution in [3.8, 4) is 0 Å². The van der Waals surface area contributed by atoms with Gasteiger partial charge in [-0.2, -0.15) is 5.10 Å². The zero-order valence-corrected chi connectivity index (χ0v) is 15.6. The molecule has 0 bridgehead atoms. The van der Waals surface area contributed by atoms with E-state index in [0.717, 1.165) is 60.7 Å². The van der Waals surface area contributed by atoms with Gasteiger partial charge in [-0.15, -0.1) is 11.3 Å². The third kappa shape index (κ3) is 3.92. The average Bonchev–Trinajstić information content (AvgIpc) is 3.06. The molecule has 0 radical (unpaired) electrons. The van der Waals surface area contributed by atoms with Crippen LogP contribution in [-0.4, -0.2) is 45.3 Å². The molecular formula is C16H25N7S. The molecule has 24 heavy (non-hydrogen) atoms. The largest absolute Gasteiger partial charge is 0.356 e. The Morgan fingerprint density at radius 3 is 2.88 bits per heavy atom. The number of aromatic nitrogens is 4. The second-order valence-electron chi connectivity index (χ2n) is 6.13. The number of fused-ring (bicyclic) bond motifs is 1. The van der Waals surface area contributed by atoms with Crippen molar-refractivity contribution >= 4 is 17.3 Å². The maximum Gasteiger partial charge on any atom is 0.191 e. The van der Waals surface area contributed by atoms with Gasteiger partial charge in [0.25, 0.3) is 0 Å². The molecule has 2 aromatic heterocycles. The second kappa shape index (κ2) is 7.29. The lowest BCUT2D eigenvalue weighted by Gasteiger charge is -2.25. The van der Waals surface area contributed by atoms with E-state index >= 15 is 0 Å². The number of rotatable bonds is 4. The van der Waals surface area contributed by atoms with Crippen molar-refractivity contribution in [3.63, 3.8) is 0 Å². The predicted molar refractivity (Wildman–Crippen MR) is 96.7 cm³/mol. The van der Waals surface area contributed by atoms with Crippen molar-refractivity contribution in [1.29, 1.82) is 0 Å². The first-order valence-corrected chi connectivity index (χ1v) is 9.17. The van der Waals surface area contributed by atoms with Gasteiger partial charge in [0.2, 0.25) is 0 Å². The molecule has 0 saturated heterocycles. The lowest BCUT2D eigenvalue weighted by atomic mass is 10.1. The van der Waals surface area contributed by atoms with Crippen LogP contribution in [0.5, 0.6) is 0 Å². The van der Waals surface area contributed by atoms with Gasteiger partial charge >= 0.3 is 0 Å². The van der Waals surface area contributed by atoms with Gasteiger partial charge in [0.05, 0.1) is 17.2 Å². The zero-order valence-electron chi connectivity index (χ0n) is 14.8. The van der Waals surface area contributed by atoms with E-state index in [2.05, 4.69) is 44.5 Å². The Hall–Kier alpha value is -1.96. The summed E-state index contributed by atoms with van der Waals surface area (Å²) in [6.07, 6.45) is 2.97. The average molecular weight is 347 g/mol. The highest BCUT2D eigenvalue weighted by Gasteiger charge is 2.21. The first-order valence-electron chi connectivity index (χ1n) is 8.35. The quantitative estimate of drug-likeness (QED) is 0.645. The van der Waals surface area contributed by atoms with Crippen LogP contribution in [0.15, 0.2) is 4.99 Å². The summed E-state index contributed by atoms with van der Waals surface area (Å²) < 4.78 is 2.01. The van der Waals surface area contributed by atoms with E-state index in [1.807, 2.05) is 18.7 Å². The molecule has 1 atom stereocenters. The monoisotopic (exact) mass is 347 g/mol. The van der Waals surface area contributed by atoms with Crippen LogP contribution in [0.1, 0.15) is 33.6 Å². The fraction of sp³-hybridized carbons (Fsp3) is 0.625. The van der Waals surface area contributed by atoms with Crippen molar-refractivity contribution in [2.75, 3.05) is 13.6 Å². The van der Waals surface area contributed by atoms with E-state index in [9.17, 15) is 0 Å². The predicted octanol–water partition coefficient (Wildman–Crippen LogP) is 1.38. The van der Waals surface area contributed by atoms with Crippen molar-refractivity contribution in [2.45, 2.75) is 52.6 Å². The Labute approximate surface area is 146 Å². The van der Waals surface area contributed by atoms with Gasteiger partial charge in [-0.25, -0.2) is 14.6 Å². The minimum absolute atomic E-state index is 0.331. The third-order valence-electron chi connectivity index (χ3n) is 4.17. The van der Waals surface area contributed by atoms with Crippen LogP contribution in [-0.2, 0) is 19.4 Å². The summed E-state index contributed by atoms with van der Waals surface area (Å²) in [6, 6.07) is 0.331. The molecule has 3 heterocycles. The smallest absolute Gasteiger partial charge is 0.191 e. The number of nitrogens with one attached hydrogen (secondary N) is 2. The Kier molecular flexibility index (Phi) is 5.13. The number of hydrogen-bond donors (Lipinski definition) is 2. The van der Waals surface area contributed by atoms with Gasteiger partial charge in [-0.1, -0.05) is 0 Å².